The molecule has 0 spiro atoms. The lowest BCUT2D eigenvalue weighted by molar-refractivity contribution is 0.125. The van der Waals surface area contributed by atoms with Crippen LogP contribution in [0.2, 0.25) is 0 Å². The maximum atomic E-state index is 9.82. The number of hydrogen-bond acceptors (Lipinski definition) is 5. The van der Waals surface area contributed by atoms with E-state index in [-0.39, 0.29) is 6.10 Å². The highest BCUT2D eigenvalue weighted by molar-refractivity contribution is 5.37. The van der Waals surface area contributed by atoms with E-state index in [9.17, 15) is 5.11 Å². The van der Waals surface area contributed by atoms with Crippen LogP contribution in [0.25, 0.3) is 0 Å². The van der Waals surface area contributed by atoms with E-state index in [1.807, 2.05) is 12.4 Å². The van der Waals surface area contributed by atoms with Gasteiger partial charge >= 0.3 is 0 Å². The highest BCUT2D eigenvalue weighted by Gasteiger charge is 2.41. The van der Waals surface area contributed by atoms with Crippen molar-refractivity contribution in [3.05, 3.63) is 18.0 Å². The van der Waals surface area contributed by atoms with Crippen LogP contribution in [0.5, 0.6) is 0 Å². The number of anilines is 1. The smallest absolute Gasteiger partial charge is 0.225 e. The average molecular weight is 262 g/mol. The van der Waals surface area contributed by atoms with Crippen LogP contribution >= 0.6 is 0 Å². The second kappa shape index (κ2) is 5.43. The molecule has 0 aliphatic carbocycles. The summed E-state index contributed by atoms with van der Waals surface area (Å²) in [5, 5.41) is 13.1. The molecule has 0 amide bonds. The van der Waals surface area contributed by atoms with Gasteiger partial charge in [-0.25, -0.2) is 9.97 Å². The zero-order valence-electron chi connectivity index (χ0n) is 11.4. The SMILES string of the molecule is CCNCc1cnc(N2C3CCC2CC(O)C3)nc1. The van der Waals surface area contributed by atoms with Gasteiger partial charge in [-0.05, 0) is 32.2 Å². The van der Waals surface area contributed by atoms with Gasteiger partial charge in [0.05, 0.1) is 6.10 Å². The summed E-state index contributed by atoms with van der Waals surface area (Å²) in [6.45, 7) is 3.87. The Labute approximate surface area is 114 Å². The molecule has 2 N–H and O–H groups in total. The van der Waals surface area contributed by atoms with Crippen molar-refractivity contribution in [1.29, 1.82) is 0 Å². The number of aliphatic hydroxyl groups excluding tert-OH is 1. The van der Waals surface area contributed by atoms with Crippen molar-refractivity contribution in [1.82, 2.24) is 15.3 Å². The number of rotatable bonds is 4. The van der Waals surface area contributed by atoms with Crippen molar-refractivity contribution in [2.24, 2.45) is 0 Å². The summed E-state index contributed by atoms with van der Waals surface area (Å²) < 4.78 is 0. The number of fused-ring (bicyclic) bond motifs is 2. The van der Waals surface area contributed by atoms with E-state index in [4.69, 9.17) is 0 Å². The molecule has 5 heteroatoms. The maximum Gasteiger partial charge on any atom is 0.225 e. The molecule has 5 nitrogen and oxygen atoms in total. The van der Waals surface area contributed by atoms with Gasteiger partial charge in [-0.1, -0.05) is 6.92 Å². The Morgan fingerprint density at radius 2 is 1.89 bits per heavy atom. The van der Waals surface area contributed by atoms with E-state index in [2.05, 4.69) is 27.1 Å². The van der Waals surface area contributed by atoms with Crippen molar-refractivity contribution >= 4 is 5.95 Å². The van der Waals surface area contributed by atoms with Crippen LogP contribution in [0.3, 0.4) is 0 Å². The van der Waals surface area contributed by atoms with Gasteiger partial charge in [-0.15, -0.1) is 0 Å². The van der Waals surface area contributed by atoms with Gasteiger partial charge in [-0.2, -0.15) is 0 Å². The first kappa shape index (κ1) is 12.8. The normalized spacial score (nSPS) is 29.8. The van der Waals surface area contributed by atoms with Gasteiger partial charge < -0.3 is 15.3 Å². The monoisotopic (exact) mass is 262 g/mol. The minimum Gasteiger partial charge on any atom is -0.393 e. The first-order valence-corrected chi connectivity index (χ1v) is 7.26. The first-order chi connectivity index (χ1) is 9.28. The molecule has 1 aromatic rings. The predicted molar refractivity (Wildman–Crippen MR) is 73.9 cm³/mol. The Balaban J connectivity index is 1.72. The molecular formula is C14H22N4O. The molecule has 104 valence electrons. The third kappa shape index (κ3) is 2.58. The van der Waals surface area contributed by atoms with Crippen LogP contribution < -0.4 is 10.2 Å². The van der Waals surface area contributed by atoms with Gasteiger partial charge in [0.2, 0.25) is 5.95 Å². The molecule has 0 aromatic carbocycles. The zero-order valence-corrected chi connectivity index (χ0v) is 11.4. The largest absolute Gasteiger partial charge is 0.393 e. The van der Waals surface area contributed by atoms with Crippen molar-refractivity contribution in [3.63, 3.8) is 0 Å². The fraction of sp³-hybridized carbons (Fsp3) is 0.714. The van der Waals surface area contributed by atoms with E-state index in [0.717, 1.165) is 50.3 Å². The van der Waals surface area contributed by atoms with Crippen molar-refractivity contribution in [2.75, 3.05) is 11.4 Å². The molecule has 0 saturated carbocycles. The lowest BCUT2D eigenvalue weighted by Crippen LogP contribution is -2.45. The molecule has 2 aliphatic rings. The Bertz CT molecular complexity index is 408. The molecule has 2 bridgehead atoms. The molecule has 19 heavy (non-hydrogen) atoms. The summed E-state index contributed by atoms with van der Waals surface area (Å²) in [6, 6.07) is 0.849. The average Bonchev–Trinajstić information content (AvgIpc) is 2.69. The van der Waals surface area contributed by atoms with Gasteiger partial charge in [0.1, 0.15) is 0 Å². The lowest BCUT2D eigenvalue weighted by Gasteiger charge is -2.37. The fourth-order valence-corrected chi connectivity index (χ4v) is 3.32. The summed E-state index contributed by atoms with van der Waals surface area (Å²) in [5.41, 5.74) is 1.12. The van der Waals surface area contributed by atoms with Crippen LogP contribution in [0.15, 0.2) is 12.4 Å². The molecule has 1 aromatic heterocycles. The first-order valence-electron chi connectivity index (χ1n) is 7.26. The summed E-state index contributed by atoms with van der Waals surface area (Å²) in [6.07, 6.45) is 7.72. The number of aromatic nitrogens is 2. The lowest BCUT2D eigenvalue weighted by atomic mass is 10.0. The van der Waals surface area contributed by atoms with Crippen LogP contribution in [-0.2, 0) is 6.54 Å². The maximum absolute atomic E-state index is 9.82. The minimum atomic E-state index is -0.137. The number of nitrogens with zero attached hydrogens (tertiary/aromatic N) is 3. The molecule has 3 heterocycles. The number of nitrogens with one attached hydrogen (secondary N) is 1. The molecule has 2 atom stereocenters. The fourth-order valence-electron chi connectivity index (χ4n) is 3.32. The van der Waals surface area contributed by atoms with Crippen LogP contribution in [0.4, 0.5) is 5.95 Å². The third-order valence-electron chi connectivity index (χ3n) is 4.21. The Kier molecular flexibility index (Phi) is 3.66. The summed E-state index contributed by atoms with van der Waals surface area (Å²) in [4.78, 5) is 11.4. The quantitative estimate of drug-likeness (QED) is 0.850. The zero-order chi connectivity index (χ0) is 13.2. The van der Waals surface area contributed by atoms with Gasteiger partial charge in [0.25, 0.3) is 0 Å². The summed E-state index contributed by atoms with van der Waals surface area (Å²) in [7, 11) is 0. The number of aliphatic hydroxyl groups is 1. The van der Waals surface area contributed by atoms with Gasteiger partial charge in [0.15, 0.2) is 0 Å². The predicted octanol–water partition coefficient (Wildman–Crippen LogP) is 1.08. The van der Waals surface area contributed by atoms with Crippen LogP contribution in [0, 0.1) is 0 Å². The van der Waals surface area contributed by atoms with E-state index in [1.165, 1.54) is 0 Å². The molecule has 0 radical (unpaired) electrons. The Morgan fingerprint density at radius 1 is 1.26 bits per heavy atom. The topological polar surface area (TPSA) is 61.3 Å². The van der Waals surface area contributed by atoms with Gasteiger partial charge in [-0.3, -0.25) is 0 Å². The van der Waals surface area contributed by atoms with E-state index in [0.29, 0.717) is 12.1 Å². The summed E-state index contributed by atoms with van der Waals surface area (Å²) >= 11 is 0. The van der Waals surface area contributed by atoms with Crippen molar-refractivity contribution < 1.29 is 5.11 Å². The van der Waals surface area contributed by atoms with E-state index < -0.39 is 0 Å². The second-order valence-corrected chi connectivity index (χ2v) is 5.59. The highest BCUT2D eigenvalue weighted by atomic mass is 16.3. The molecule has 2 fully saturated rings. The van der Waals surface area contributed by atoms with Crippen molar-refractivity contribution in [2.45, 2.75) is 57.3 Å². The molecular weight excluding hydrogens is 240 g/mol. The third-order valence-corrected chi connectivity index (χ3v) is 4.21. The second-order valence-electron chi connectivity index (χ2n) is 5.59. The summed E-state index contributed by atoms with van der Waals surface area (Å²) in [5.74, 6) is 0.833. The Hall–Kier alpha value is -1.20. The molecule has 3 rings (SSSR count). The molecule has 2 unspecified atom stereocenters. The molecule has 2 aliphatic heterocycles. The highest BCUT2D eigenvalue weighted by Crippen LogP contribution is 2.37. The minimum absolute atomic E-state index is 0.137. The number of hydrogen-bond donors (Lipinski definition) is 2. The van der Waals surface area contributed by atoms with Crippen LogP contribution in [0.1, 0.15) is 38.2 Å². The Morgan fingerprint density at radius 3 is 2.47 bits per heavy atom. The van der Waals surface area contributed by atoms with Crippen LogP contribution in [-0.4, -0.2) is 39.8 Å². The van der Waals surface area contributed by atoms with Crippen molar-refractivity contribution in [3.8, 4) is 0 Å². The van der Waals surface area contributed by atoms with E-state index >= 15 is 0 Å². The molecule has 2 saturated heterocycles. The van der Waals surface area contributed by atoms with Gasteiger partial charge in [0, 0.05) is 36.6 Å². The van der Waals surface area contributed by atoms with E-state index in [1.54, 1.807) is 0 Å². The standard InChI is InChI=1S/C14H22N4O/c1-2-15-7-10-8-16-14(17-9-10)18-11-3-4-12(18)6-13(19)5-11/h8-9,11-13,15,19H,2-7H2,1H3. The number of piperidine rings is 1.